The summed E-state index contributed by atoms with van der Waals surface area (Å²) in [7, 11) is 0. The number of nitro groups is 1. The number of benzene rings is 3. The highest BCUT2D eigenvalue weighted by atomic mass is 32.2. The maximum absolute atomic E-state index is 12.5. The lowest BCUT2D eigenvalue weighted by Crippen LogP contribution is -2.30. The van der Waals surface area contributed by atoms with E-state index in [1.165, 1.54) is 12.1 Å². The van der Waals surface area contributed by atoms with E-state index < -0.39 is 10.8 Å². The lowest BCUT2D eigenvalue weighted by Gasteiger charge is -2.19. The van der Waals surface area contributed by atoms with Crippen molar-refractivity contribution >= 4 is 29.3 Å². The van der Waals surface area contributed by atoms with Gasteiger partial charge in [-0.05, 0) is 23.3 Å². The van der Waals surface area contributed by atoms with Crippen molar-refractivity contribution in [2.45, 2.75) is 10.8 Å². The van der Waals surface area contributed by atoms with E-state index >= 15 is 0 Å². The average Bonchev–Trinajstić information content (AvgIpc) is 2.79. The molecule has 3 N–H and O–H groups in total. The van der Waals surface area contributed by atoms with Crippen LogP contribution in [0.5, 0.6) is 0 Å². The molecule has 158 valence electrons. The molecule has 3 rings (SSSR count). The monoisotopic (exact) mass is 435 g/mol. The van der Waals surface area contributed by atoms with E-state index in [2.05, 4.69) is 5.32 Å². The van der Waals surface area contributed by atoms with Gasteiger partial charge in [0.15, 0.2) is 0 Å². The molecule has 0 heterocycles. The molecule has 0 aromatic heterocycles. The van der Waals surface area contributed by atoms with Crippen molar-refractivity contribution in [3.63, 3.8) is 0 Å². The summed E-state index contributed by atoms with van der Waals surface area (Å²) in [5.41, 5.74) is 7.15. The van der Waals surface area contributed by atoms with Gasteiger partial charge < -0.3 is 11.1 Å². The molecule has 0 fully saturated rings. The number of nitrogens with zero attached hydrogens (tertiary/aromatic N) is 1. The molecule has 31 heavy (non-hydrogen) atoms. The predicted molar refractivity (Wildman–Crippen MR) is 120 cm³/mol. The number of hydrogen-bond donors (Lipinski definition) is 2. The Bertz CT molecular complexity index is 1040. The number of hydrogen-bond acceptors (Lipinski definition) is 5. The standard InChI is InChI=1S/C23H21N3O4S/c24-23(28)18-11-12-21(20(13-18)26(29)30)31-15-22(27)25-14-19(16-7-3-1-4-8-16)17-9-5-2-6-10-17/h1-13,19H,14-15H2,(H2,24,28)(H,25,27). The van der Waals surface area contributed by atoms with Crippen LogP contribution in [0, 0.1) is 10.1 Å². The number of carbonyl (C=O) groups excluding carboxylic acids is 2. The van der Waals surface area contributed by atoms with Crippen LogP contribution in [0.15, 0.2) is 83.8 Å². The molecular weight excluding hydrogens is 414 g/mol. The smallest absolute Gasteiger partial charge is 0.283 e. The first kappa shape index (κ1) is 22.0. The van der Waals surface area contributed by atoms with Gasteiger partial charge in [-0.15, -0.1) is 11.8 Å². The van der Waals surface area contributed by atoms with Gasteiger partial charge in [0.2, 0.25) is 11.8 Å². The molecule has 0 spiro atoms. The van der Waals surface area contributed by atoms with Gasteiger partial charge in [-0.2, -0.15) is 0 Å². The SMILES string of the molecule is NC(=O)c1ccc(SCC(=O)NCC(c2ccccc2)c2ccccc2)c([N+](=O)[O-])c1. The molecular formula is C23H21N3O4S. The van der Waals surface area contributed by atoms with E-state index in [1.54, 1.807) is 0 Å². The topological polar surface area (TPSA) is 115 Å². The maximum Gasteiger partial charge on any atom is 0.283 e. The second-order valence-electron chi connectivity index (χ2n) is 6.77. The summed E-state index contributed by atoms with van der Waals surface area (Å²) in [6, 6.07) is 23.8. The van der Waals surface area contributed by atoms with Gasteiger partial charge in [-0.25, -0.2) is 0 Å². The van der Waals surface area contributed by atoms with Gasteiger partial charge in [0, 0.05) is 24.1 Å². The Morgan fingerprint density at radius 1 is 0.968 bits per heavy atom. The van der Waals surface area contributed by atoms with E-state index in [0.29, 0.717) is 11.4 Å². The lowest BCUT2D eigenvalue weighted by molar-refractivity contribution is -0.387. The van der Waals surface area contributed by atoms with Crippen molar-refractivity contribution < 1.29 is 14.5 Å². The number of nitro benzene ring substituents is 1. The third kappa shape index (κ3) is 5.93. The fraction of sp³-hybridized carbons (Fsp3) is 0.130. The minimum absolute atomic E-state index is 0.00700. The second kappa shape index (κ2) is 10.4. The number of amides is 2. The van der Waals surface area contributed by atoms with Crippen molar-refractivity contribution in [3.8, 4) is 0 Å². The zero-order valence-corrected chi connectivity index (χ0v) is 17.4. The van der Waals surface area contributed by atoms with Crippen molar-refractivity contribution in [1.29, 1.82) is 0 Å². The van der Waals surface area contributed by atoms with Crippen LogP contribution in [0.2, 0.25) is 0 Å². The predicted octanol–water partition coefficient (Wildman–Crippen LogP) is 3.73. The highest BCUT2D eigenvalue weighted by Gasteiger charge is 2.19. The molecule has 7 nitrogen and oxygen atoms in total. The molecule has 0 atom stereocenters. The molecule has 8 heteroatoms. The maximum atomic E-state index is 12.5. The summed E-state index contributed by atoms with van der Waals surface area (Å²) < 4.78 is 0. The van der Waals surface area contributed by atoms with E-state index in [1.807, 2.05) is 60.7 Å². The van der Waals surface area contributed by atoms with Crippen molar-refractivity contribution in [2.24, 2.45) is 5.73 Å². The van der Waals surface area contributed by atoms with E-state index in [9.17, 15) is 19.7 Å². The zero-order chi connectivity index (χ0) is 22.2. The second-order valence-corrected chi connectivity index (χ2v) is 7.79. The lowest BCUT2D eigenvalue weighted by atomic mass is 9.91. The third-order valence-electron chi connectivity index (χ3n) is 4.71. The Morgan fingerprint density at radius 2 is 1.55 bits per heavy atom. The molecule has 0 aliphatic carbocycles. The minimum Gasteiger partial charge on any atom is -0.366 e. The summed E-state index contributed by atoms with van der Waals surface area (Å²) >= 11 is 1.04. The van der Waals surface area contributed by atoms with E-state index in [4.69, 9.17) is 5.73 Å². The van der Waals surface area contributed by atoms with Crippen molar-refractivity contribution in [2.75, 3.05) is 12.3 Å². The van der Waals surface area contributed by atoms with E-state index in [-0.39, 0.29) is 28.8 Å². The van der Waals surface area contributed by atoms with Crippen LogP contribution in [0.3, 0.4) is 0 Å². The number of thioether (sulfide) groups is 1. The third-order valence-corrected chi connectivity index (χ3v) is 5.77. The number of rotatable bonds is 9. The Morgan fingerprint density at radius 3 is 2.06 bits per heavy atom. The Balaban J connectivity index is 1.66. The zero-order valence-electron chi connectivity index (χ0n) is 16.6. The summed E-state index contributed by atoms with van der Waals surface area (Å²) in [5.74, 6) is -0.992. The van der Waals surface area contributed by atoms with Crippen LogP contribution in [-0.4, -0.2) is 29.0 Å². The molecule has 0 radical (unpaired) electrons. The quantitative estimate of drug-likeness (QED) is 0.302. The molecule has 2 amide bonds. The van der Waals surface area contributed by atoms with Gasteiger partial charge in [0.25, 0.3) is 5.69 Å². The van der Waals surface area contributed by atoms with Gasteiger partial charge in [0.05, 0.1) is 15.6 Å². The van der Waals surface area contributed by atoms with Crippen LogP contribution >= 0.6 is 11.8 Å². The Labute approximate surface area is 183 Å². The van der Waals surface area contributed by atoms with Crippen molar-refractivity contribution in [3.05, 3.63) is 106 Å². The fourth-order valence-electron chi connectivity index (χ4n) is 3.14. The van der Waals surface area contributed by atoms with Gasteiger partial charge in [0.1, 0.15) is 0 Å². The molecule has 0 aliphatic heterocycles. The van der Waals surface area contributed by atoms with Crippen LogP contribution in [0.1, 0.15) is 27.4 Å². The van der Waals surface area contributed by atoms with Gasteiger partial charge in [-0.3, -0.25) is 19.7 Å². The molecule has 0 bridgehead atoms. The molecule has 0 saturated carbocycles. The van der Waals surface area contributed by atoms with Crippen LogP contribution in [-0.2, 0) is 4.79 Å². The Kier molecular flexibility index (Phi) is 7.40. The van der Waals surface area contributed by atoms with Crippen molar-refractivity contribution in [1.82, 2.24) is 5.32 Å². The number of carbonyl (C=O) groups is 2. The summed E-state index contributed by atoms with van der Waals surface area (Å²) in [6.45, 7) is 0.399. The molecule has 3 aromatic carbocycles. The molecule has 0 saturated heterocycles. The number of nitrogens with two attached hydrogens (primary N) is 1. The number of nitrogens with one attached hydrogen (secondary N) is 1. The highest BCUT2D eigenvalue weighted by molar-refractivity contribution is 8.00. The van der Waals surface area contributed by atoms with Crippen LogP contribution < -0.4 is 11.1 Å². The van der Waals surface area contributed by atoms with Crippen LogP contribution in [0.25, 0.3) is 0 Å². The molecule has 3 aromatic rings. The summed E-state index contributed by atoms with van der Waals surface area (Å²) in [4.78, 5) is 34.7. The molecule has 0 aliphatic rings. The first-order chi connectivity index (χ1) is 15.0. The Hall–Kier alpha value is -3.65. The van der Waals surface area contributed by atoms with E-state index in [0.717, 1.165) is 29.0 Å². The minimum atomic E-state index is -0.745. The van der Waals surface area contributed by atoms with Gasteiger partial charge >= 0.3 is 0 Å². The fourth-order valence-corrected chi connectivity index (χ4v) is 3.98. The normalized spacial score (nSPS) is 10.6. The summed E-state index contributed by atoms with van der Waals surface area (Å²) in [5, 5.41) is 14.2. The highest BCUT2D eigenvalue weighted by Crippen LogP contribution is 2.30. The first-order valence-electron chi connectivity index (χ1n) is 9.53. The van der Waals surface area contributed by atoms with Gasteiger partial charge in [-0.1, -0.05) is 60.7 Å². The summed E-state index contributed by atoms with van der Waals surface area (Å²) in [6.07, 6.45) is 0. The van der Waals surface area contributed by atoms with Crippen LogP contribution in [0.4, 0.5) is 5.69 Å². The average molecular weight is 436 g/mol. The first-order valence-corrected chi connectivity index (χ1v) is 10.5. The number of primary amides is 1. The molecule has 0 unspecified atom stereocenters. The largest absolute Gasteiger partial charge is 0.366 e.